The van der Waals surface area contributed by atoms with Gasteiger partial charge in [-0.2, -0.15) is 0 Å². The van der Waals surface area contributed by atoms with Crippen molar-refractivity contribution in [3.63, 3.8) is 0 Å². The van der Waals surface area contributed by atoms with Gasteiger partial charge in [0.1, 0.15) is 11.7 Å². The van der Waals surface area contributed by atoms with E-state index >= 15 is 0 Å². The van der Waals surface area contributed by atoms with Crippen LogP contribution in [0.4, 0.5) is 0 Å². The Labute approximate surface area is 91.5 Å². The lowest BCUT2D eigenvalue weighted by Gasteiger charge is -2.08. The molecule has 0 aromatic rings. The molecule has 0 aliphatic rings. The molecule has 0 rings (SSSR count). The Kier molecular flexibility index (Phi) is 7.60. The molecule has 86 valence electrons. The quantitative estimate of drug-likeness (QED) is 0.282. The molecule has 0 N–H and O–H groups in total. The standard InChI is InChI=1S/C12H20O3/c1-4-6-7-8-9-15-12(14)10(3)11(13)5-2/h6-7,10H,4-5,8-9H2,1-3H3/b7-6-. The zero-order valence-electron chi connectivity index (χ0n) is 9.79. The lowest BCUT2D eigenvalue weighted by Crippen LogP contribution is -2.22. The molecular weight excluding hydrogens is 192 g/mol. The SMILES string of the molecule is CC/C=C\CCOC(=O)C(C)C(=O)CC. The maximum atomic E-state index is 11.3. The Morgan fingerprint density at radius 1 is 1.27 bits per heavy atom. The molecular formula is C12H20O3. The summed E-state index contributed by atoms with van der Waals surface area (Å²) in [6.45, 7) is 5.74. The minimum Gasteiger partial charge on any atom is -0.465 e. The van der Waals surface area contributed by atoms with Crippen LogP contribution in [0.3, 0.4) is 0 Å². The Balaban J connectivity index is 3.74. The van der Waals surface area contributed by atoms with Crippen LogP contribution in [0.25, 0.3) is 0 Å². The van der Waals surface area contributed by atoms with Gasteiger partial charge in [-0.05, 0) is 19.8 Å². The maximum absolute atomic E-state index is 11.3. The summed E-state index contributed by atoms with van der Waals surface area (Å²) < 4.78 is 4.96. The summed E-state index contributed by atoms with van der Waals surface area (Å²) in [5.41, 5.74) is 0. The largest absolute Gasteiger partial charge is 0.465 e. The maximum Gasteiger partial charge on any atom is 0.316 e. The Bertz CT molecular complexity index is 231. The topological polar surface area (TPSA) is 43.4 Å². The zero-order chi connectivity index (χ0) is 11.7. The van der Waals surface area contributed by atoms with Gasteiger partial charge in [0.25, 0.3) is 0 Å². The minimum atomic E-state index is -0.620. The van der Waals surface area contributed by atoms with Gasteiger partial charge in [0.2, 0.25) is 0 Å². The smallest absolute Gasteiger partial charge is 0.316 e. The van der Waals surface area contributed by atoms with Crippen molar-refractivity contribution in [3.05, 3.63) is 12.2 Å². The van der Waals surface area contributed by atoms with E-state index in [0.29, 0.717) is 19.4 Å². The first kappa shape index (κ1) is 13.9. The van der Waals surface area contributed by atoms with Crippen molar-refractivity contribution in [3.8, 4) is 0 Å². The van der Waals surface area contributed by atoms with Gasteiger partial charge in [0, 0.05) is 6.42 Å². The fourth-order valence-electron chi connectivity index (χ4n) is 1.07. The predicted molar refractivity (Wildman–Crippen MR) is 59.5 cm³/mol. The van der Waals surface area contributed by atoms with Gasteiger partial charge in [-0.25, -0.2) is 0 Å². The summed E-state index contributed by atoms with van der Waals surface area (Å²) in [6, 6.07) is 0. The van der Waals surface area contributed by atoms with Gasteiger partial charge in [-0.1, -0.05) is 26.0 Å². The molecule has 0 fully saturated rings. The molecule has 0 aliphatic heterocycles. The molecule has 3 heteroatoms. The highest BCUT2D eigenvalue weighted by Crippen LogP contribution is 2.03. The first-order valence-corrected chi connectivity index (χ1v) is 5.47. The van der Waals surface area contributed by atoms with Gasteiger partial charge in [0.05, 0.1) is 6.61 Å². The number of esters is 1. The highest BCUT2D eigenvalue weighted by atomic mass is 16.5. The van der Waals surface area contributed by atoms with Gasteiger partial charge < -0.3 is 4.74 Å². The minimum absolute atomic E-state index is 0.0656. The van der Waals surface area contributed by atoms with Crippen molar-refractivity contribution >= 4 is 11.8 Å². The van der Waals surface area contributed by atoms with E-state index in [1.165, 1.54) is 0 Å². The molecule has 3 nitrogen and oxygen atoms in total. The number of rotatable bonds is 7. The Morgan fingerprint density at radius 3 is 2.47 bits per heavy atom. The van der Waals surface area contributed by atoms with Crippen LogP contribution in [0.5, 0.6) is 0 Å². The van der Waals surface area contributed by atoms with E-state index in [2.05, 4.69) is 0 Å². The number of hydrogen-bond acceptors (Lipinski definition) is 3. The fourth-order valence-corrected chi connectivity index (χ4v) is 1.07. The lowest BCUT2D eigenvalue weighted by molar-refractivity contribution is -0.151. The zero-order valence-corrected chi connectivity index (χ0v) is 9.79. The summed E-state index contributed by atoms with van der Waals surface area (Å²) in [5, 5.41) is 0. The second kappa shape index (κ2) is 8.21. The van der Waals surface area contributed by atoms with Crippen molar-refractivity contribution < 1.29 is 14.3 Å². The van der Waals surface area contributed by atoms with E-state index < -0.39 is 11.9 Å². The summed E-state index contributed by atoms with van der Waals surface area (Å²) >= 11 is 0. The molecule has 1 atom stereocenters. The average Bonchev–Trinajstić information content (AvgIpc) is 2.26. The van der Waals surface area contributed by atoms with Crippen LogP contribution in [0, 0.1) is 5.92 Å². The molecule has 0 saturated heterocycles. The third-order valence-electron chi connectivity index (χ3n) is 2.12. The fraction of sp³-hybridized carbons (Fsp3) is 0.667. The van der Waals surface area contributed by atoms with Crippen molar-refractivity contribution in [2.24, 2.45) is 5.92 Å². The normalized spacial score (nSPS) is 12.7. The Morgan fingerprint density at radius 2 is 1.93 bits per heavy atom. The summed E-state index contributed by atoms with van der Waals surface area (Å²) in [6.07, 6.45) is 6.07. The number of carbonyl (C=O) groups is 2. The van der Waals surface area contributed by atoms with Crippen LogP contribution in [-0.4, -0.2) is 18.4 Å². The van der Waals surface area contributed by atoms with Crippen LogP contribution in [0.15, 0.2) is 12.2 Å². The van der Waals surface area contributed by atoms with E-state index in [4.69, 9.17) is 4.74 Å². The molecule has 0 radical (unpaired) electrons. The second-order valence-corrected chi connectivity index (χ2v) is 3.38. The first-order valence-electron chi connectivity index (χ1n) is 5.47. The van der Waals surface area contributed by atoms with Crippen LogP contribution in [-0.2, 0) is 14.3 Å². The average molecular weight is 212 g/mol. The van der Waals surface area contributed by atoms with Gasteiger partial charge in [-0.15, -0.1) is 0 Å². The lowest BCUT2D eigenvalue weighted by atomic mass is 10.1. The molecule has 0 aromatic carbocycles. The first-order chi connectivity index (χ1) is 7.13. The second-order valence-electron chi connectivity index (χ2n) is 3.38. The molecule has 0 saturated carbocycles. The van der Waals surface area contributed by atoms with Gasteiger partial charge in [0.15, 0.2) is 0 Å². The van der Waals surface area contributed by atoms with Crippen molar-refractivity contribution in [2.75, 3.05) is 6.61 Å². The number of Topliss-reactive ketones (excluding diaryl/α,β-unsaturated/α-hetero) is 1. The monoisotopic (exact) mass is 212 g/mol. The number of ether oxygens (including phenoxy) is 1. The van der Waals surface area contributed by atoms with Crippen LogP contribution >= 0.6 is 0 Å². The molecule has 15 heavy (non-hydrogen) atoms. The third-order valence-corrected chi connectivity index (χ3v) is 2.12. The summed E-state index contributed by atoms with van der Waals surface area (Å²) in [4.78, 5) is 22.5. The number of allylic oxidation sites excluding steroid dienone is 1. The molecule has 1 unspecified atom stereocenters. The molecule has 0 aliphatic carbocycles. The summed E-state index contributed by atoms with van der Waals surface area (Å²) in [5.74, 6) is -1.10. The van der Waals surface area contributed by atoms with E-state index in [-0.39, 0.29) is 5.78 Å². The highest BCUT2D eigenvalue weighted by molar-refractivity contribution is 5.98. The summed E-state index contributed by atoms with van der Waals surface area (Å²) in [7, 11) is 0. The molecule has 0 spiro atoms. The van der Waals surface area contributed by atoms with Crippen LogP contribution < -0.4 is 0 Å². The predicted octanol–water partition coefficient (Wildman–Crippen LogP) is 2.50. The Hall–Kier alpha value is -1.12. The van der Waals surface area contributed by atoms with Crippen molar-refractivity contribution in [1.82, 2.24) is 0 Å². The van der Waals surface area contributed by atoms with Crippen molar-refractivity contribution in [2.45, 2.75) is 40.0 Å². The van der Waals surface area contributed by atoms with Crippen LogP contribution in [0.2, 0.25) is 0 Å². The van der Waals surface area contributed by atoms with Gasteiger partial charge in [-0.3, -0.25) is 9.59 Å². The van der Waals surface area contributed by atoms with E-state index in [1.807, 2.05) is 19.1 Å². The van der Waals surface area contributed by atoms with E-state index in [9.17, 15) is 9.59 Å². The third kappa shape index (κ3) is 6.05. The van der Waals surface area contributed by atoms with Gasteiger partial charge >= 0.3 is 5.97 Å². The van der Waals surface area contributed by atoms with E-state index in [0.717, 1.165) is 6.42 Å². The number of hydrogen-bond donors (Lipinski definition) is 0. The molecule has 0 bridgehead atoms. The molecule has 0 amide bonds. The van der Waals surface area contributed by atoms with E-state index in [1.54, 1.807) is 13.8 Å². The van der Waals surface area contributed by atoms with Crippen molar-refractivity contribution in [1.29, 1.82) is 0 Å². The number of carbonyl (C=O) groups excluding carboxylic acids is 2. The van der Waals surface area contributed by atoms with Crippen LogP contribution in [0.1, 0.15) is 40.0 Å². The molecule has 0 aromatic heterocycles. The highest BCUT2D eigenvalue weighted by Gasteiger charge is 2.20. The number of ketones is 1. The molecule has 0 heterocycles.